The second-order valence-electron chi connectivity index (χ2n) is 6.88. The molecule has 0 aliphatic carbocycles. The zero-order valence-corrected chi connectivity index (χ0v) is 16.5. The minimum atomic E-state index is -0.872. The Balaban J connectivity index is 1.78. The van der Waals surface area contributed by atoms with Crippen LogP contribution in [0.4, 0.5) is 0 Å². The molecule has 3 rings (SSSR count). The minimum absolute atomic E-state index is 0.212. The van der Waals surface area contributed by atoms with E-state index < -0.39 is 17.9 Å². The molecule has 8 heteroatoms. The van der Waals surface area contributed by atoms with Crippen molar-refractivity contribution in [3.05, 3.63) is 60.2 Å². The summed E-state index contributed by atoms with van der Waals surface area (Å²) in [6.07, 6.45) is 4.80. The van der Waals surface area contributed by atoms with Crippen LogP contribution in [0.5, 0.6) is 0 Å². The molecule has 1 saturated heterocycles. The number of rotatable bonds is 8. The Kier molecular flexibility index (Phi) is 6.89. The van der Waals surface area contributed by atoms with Gasteiger partial charge in [-0.3, -0.25) is 14.4 Å². The number of benzene rings is 1. The first-order valence-electron chi connectivity index (χ1n) is 9.79. The van der Waals surface area contributed by atoms with Gasteiger partial charge in [-0.05, 0) is 18.1 Å². The summed E-state index contributed by atoms with van der Waals surface area (Å²) in [6, 6.07) is 9.87. The lowest BCUT2D eigenvalue weighted by Gasteiger charge is -2.38. The Morgan fingerprint density at radius 1 is 1.14 bits per heavy atom. The van der Waals surface area contributed by atoms with Crippen molar-refractivity contribution in [3.8, 4) is 0 Å². The Bertz CT molecular complexity index is 844. The minimum Gasteiger partial charge on any atom is -0.348 e. The van der Waals surface area contributed by atoms with Gasteiger partial charge in [0.05, 0.1) is 12.2 Å². The zero-order valence-electron chi connectivity index (χ0n) is 16.5. The topological polar surface area (TPSA) is 95.5 Å². The molecule has 0 spiro atoms. The molecule has 1 aromatic heterocycles. The normalized spacial score (nSPS) is 15.3. The van der Waals surface area contributed by atoms with Crippen LogP contribution in [0.1, 0.15) is 37.1 Å². The smallest absolute Gasteiger partial charge is 0.313 e. The van der Waals surface area contributed by atoms with E-state index in [0.717, 1.165) is 12.8 Å². The van der Waals surface area contributed by atoms with Crippen LogP contribution >= 0.6 is 0 Å². The third kappa shape index (κ3) is 4.96. The van der Waals surface area contributed by atoms with Crippen LogP contribution in [-0.2, 0) is 20.9 Å². The molecule has 2 heterocycles. The van der Waals surface area contributed by atoms with Gasteiger partial charge in [0.25, 0.3) is 0 Å². The molecule has 1 atom stereocenters. The lowest BCUT2D eigenvalue weighted by atomic mass is 10.0. The second-order valence-corrected chi connectivity index (χ2v) is 6.88. The molecule has 1 aliphatic heterocycles. The fourth-order valence-corrected chi connectivity index (χ4v) is 3.30. The van der Waals surface area contributed by atoms with E-state index in [4.69, 9.17) is 0 Å². The molecular formula is C21H25N5O3. The number of carbonyl (C=O) groups is 3. The van der Waals surface area contributed by atoms with Gasteiger partial charge in [-0.25, -0.2) is 9.97 Å². The number of hydrogen-bond acceptors (Lipinski definition) is 5. The second kappa shape index (κ2) is 9.77. The van der Waals surface area contributed by atoms with Gasteiger partial charge in [0.15, 0.2) is 0 Å². The van der Waals surface area contributed by atoms with E-state index in [1.54, 1.807) is 29.3 Å². The maximum Gasteiger partial charge on any atom is 0.313 e. The first kappa shape index (κ1) is 20.4. The first-order chi connectivity index (χ1) is 14.1. The van der Waals surface area contributed by atoms with Crippen LogP contribution in [0.15, 0.2) is 48.9 Å². The number of nitrogens with one attached hydrogen (secondary N) is 1. The first-order valence-corrected chi connectivity index (χ1v) is 9.79. The van der Waals surface area contributed by atoms with Crippen LogP contribution < -0.4 is 5.32 Å². The number of unbranched alkanes of at least 4 members (excludes halogenated alkanes) is 1. The van der Waals surface area contributed by atoms with Gasteiger partial charge in [-0.2, -0.15) is 0 Å². The number of hydrogen-bond donors (Lipinski definition) is 1. The van der Waals surface area contributed by atoms with Crippen LogP contribution in [0.25, 0.3) is 0 Å². The molecule has 1 aliphatic rings. The Labute approximate surface area is 169 Å². The maximum absolute atomic E-state index is 13.0. The zero-order chi connectivity index (χ0) is 20.6. The fraction of sp³-hybridized carbons (Fsp3) is 0.381. The van der Waals surface area contributed by atoms with Crippen LogP contribution in [-0.4, -0.2) is 57.1 Å². The molecule has 0 bridgehead atoms. The number of piperazine rings is 1. The van der Waals surface area contributed by atoms with Crippen molar-refractivity contribution in [3.63, 3.8) is 0 Å². The summed E-state index contributed by atoms with van der Waals surface area (Å²) in [4.78, 5) is 49.3. The third-order valence-corrected chi connectivity index (χ3v) is 4.89. The summed E-state index contributed by atoms with van der Waals surface area (Å²) in [5, 5.41) is 2.83. The van der Waals surface area contributed by atoms with Crippen LogP contribution in [0, 0.1) is 0 Å². The van der Waals surface area contributed by atoms with Crippen molar-refractivity contribution in [2.45, 2.75) is 32.4 Å². The average molecular weight is 395 g/mol. The van der Waals surface area contributed by atoms with E-state index in [-0.39, 0.29) is 12.5 Å². The van der Waals surface area contributed by atoms with Crippen molar-refractivity contribution >= 4 is 17.7 Å². The molecule has 0 radical (unpaired) electrons. The SMILES string of the molecule is CCCCN1CCN([C@@H](C(=O)NCc2ccncn2)c2ccccc2)C(=O)C1=O. The molecule has 0 saturated carbocycles. The lowest BCUT2D eigenvalue weighted by Crippen LogP contribution is -2.57. The Hall–Kier alpha value is -3.29. The molecule has 3 amide bonds. The molecule has 8 nitrogen and oxygen atoms in total. The van der Waals surface area contributed by atoms with E-state index >= 15 is 0 Å². The van der Waals surface area contributed by atoms with Crippen LogP contribution in [0.2, 0.25) is 0 Å². The Morgan fingerprint density at radius 2 is 1.93 bits per heavy atom. The number of carbonyl (C=O) groups excluding carboxylic acids is 3. The van der Waals surface area contributed by atoms with Crippen LogP contribution in [0.3, 0.4) is 0 Å². The van der Waals surface area contributed by atoms with Gasteiger partial charge in [0.1, 0.15) is 12.4 Å². The summed E-state index contributed by atoms with van der Waals surface area (Å²) in [5.74, 6) is -1.54. The van der Waals surface area contributed by atoms with Gasteiger partial charge in [-0.1, -0.05) is 43.7 Å². The predicted octanol–water partition coefficient (Wildman–Crippen LogP) is 1.30. The lowest BCUT2D eigenvalue weighted by molar-refractivity contribution is -0.159. The van der Waals surface area contributed by atoms with Crippen molar-refractivity contribution in [1.29, 1.82) is 0 Å². The van der Waals surface area contributed by atoms with Crippen molar-refractivity contribution in [2.24, 2.45) is 0 Å². The molecule has 0 unspecified atom stereocenters. The number of nitrogens with zero attached hydrogens (tertiary/aromatic N) is 4. The summed E-state index contributed by atoms with van der Waals surface area (Å²) < 4.78 is 0. The maximum atomic E-state index is 13.0. The quantitative estimate of drug-likeness (QED) is 0.680. The average Bonchev–Trinajstić information content (AvgIpc) is 2.76. The monoisotopic (exact) mass is 395 g/mol. The number of aromatic nitrogens is 2. The Morgan fingerprint density at radius 3 is 2.62 bits per heavy atom. The summed E-state index contributed by atoms with van der Waals surface area (Å²) in [5.41, 5.74) is 1.32. The fourth-order valence-electron chi connectivity index (χ4n) is 3.30. The van der Waals surface area contributed by atoms with Gasteiger partial charge in [0, 0.05) is 25.8 Å². The van der Waals surface area contributed by atoms with E-state index in [0.29, 0.717) is 30.9 Å². The highest BCUT2D eigenvalue weighted by Crippen LogP contribution is 2.24. The van der Waals surface area contributed by atoms with E-state index in [1.807, 2.05) is 25.1 Å². The van der Waals surface area contributed by atoms with Crippen molar-refractivity contribution < 1.29 is 14.4 Å². The van der Waals surface area contributed by atoms with Crippen molar-refractivity contribution in [2.75, 3.05) is 19.6 Å². The molecule has 152 valence electrons. The predicted molar refractivity (Wildman–Crippen MR) is 106 cm³/mol. The van der Waals surface area contributed by atoms with Gasteiger partial charge < -0.3 is 15.1 Å². The summed E-state index contributed by atoms with van der Waals surface area (Å²) >= 11 is 0. The number of amides is 3. The highest BCUT2D eigenvalue weighted by atomic mass is 16.2. The van der Waals surface area contributed by atoms with E-state index in [1.165, 1.54) is 11.2 Å². The van der Waals surface area contributed by atoms with Gasteiger partial charge >= 0.3 is 11.8 Å². The largest absolute Gasteiger partial charge is 0.348 e. The standard InChI is InChI=1S/C21H25N5O3/c1-2-3-11-25-12-13-26(21(29)20(25)28)18(16-7-5-4-6-8-16)19(27)23-14-17-9-10-22-15-24-17/h4-10,15,18H,2-3,11-14H2,1H3,(H,23,27)/t18-/m1/s1. The highest BCUT2D eigenvalue weighted by molar-refractivity contribution is 6.35. The van der Waals surface area contributed by atoms with Gasteiger partial charge in [0.2, 0.25) is 5.91 Å². The molecule has 29 heavy (non-hydrogen) atoms. The molecule has 1 fully saturated rings. The molecule has 1 N–H and O–H groups in total. The van der Waals surface area contributed by atoms with Crippen molar-refractivity contribution in [1.82, 2.24) is 25.1 Å². The van der Waals surface area contributed by atoms with Gasteiger partial charge in [-0.15, -0.1) is 0 Å². The van der Waals surface area contributed by atoms with E-state index in [2.05, 4.69) is 15.3 Å². The van der Waals surface area contributed by atoms with E-state index in [9.17, 15) is 14.4 Å². The molecular weight excluding hydrogens is 370 g/mol. The summed E-state index contributed by atoms with van der Waals surface area (Å²) in [7, 11) is 0. The highest BCUT2D eigenvalue weighted by Gasteiger charge is 2.39. The molecule has 2 aromatic rings. The summed E-state index contributed by atoms with van der Waals surface area (Å²) in [6.45, 7) is 3.55. The molecule has 1 aromatic carbocycles. The third-order valence-electron chi connectivity index (χ3n) is 4.89.